The summed E-state index contributed by atoms with van der Waals surface area (Å²) in [5, 5.41) is 5.78. The summed E-state index contributed by atoms with van der Waals surface area (Å²) in [7, 11) is -0.474. The summed E-state index contributed by atoms with van der Waals surface area (Å²) in [5.74, 6) is 0. The standard InChI is InChI=1S/C37H31BN2O2/c1-36(2)37(3,4)42-38(41-36)29-19-13-21-31-33(29)28-23-22-27-32(35(28)40(31)25-16-9-6-10-17-25)26-18-11-12-20-30(26)39-34(27)24-14-7-5-8-15-24/h5-23H,1-4H3. The molecular formula is C37H31BN2O2. The fraction of sp³-hybridized carbons (Fsp3) is 0.162. The first-order valence-electron chi connectivity index (χ1n) is 14.6. The third kappa shape index (κ3) is 3.60. The molecule has 5 aromatic carbocycles. The van der Waals surface area contributed by atoms with E-state index in [1.807, 2.05) is 0 Å². The minimum atomic E-state index is -0.474. The van der Waals surface area contributed by atoms with Crippen molar-refractivity contribution in [2.45, 2.75) is 38.9 Å². The molecule has 0 amide bonds. The minimum Gasteiger partial charge on any atom is -0.399 e. The highest BCUT2D eigenvalue weighted by Crippen LogP contribution is 2.43. The van der Waals surface area contributed by atoms with Crippen molar-refractivity contribution in [2.24, 2.45) is 0 Å². The molecule has 4 nitrogen and oxygen atoms in total. The number of para-hydroxylation sites is 2. The van der Waals surface area contributed by atoms with Gasteiger partial charge in [0.1, 0.15) is 0 Å². The number of hydrogen-bond acceptors (Lipinski definition) is 3. The van der Waals surface area contributed by atoms with Crippen LogP contribution >= 0.6 is 0 Å². The molecule has 0 radical (unpaired) electrons. The van der Waals surface area contributed by atoms with Crippen LogP contribution in [0.5, 0.6) is 0 Å². The van der Waals surface area contributed by atoms with Gasteiger partial charge in [-0.2, -0.15) is 0 Å². The average Bonchev–Trinajstić information content (AvgIpc) is 3.46. The van der Waals surface area contributed by atoms with Crippen molar-refractivity contribution >= 4 is 56.1 Å². The van der Waals surface area contributed by atoms with Crippen LogP contribution in [-0.4, -0.2) is 27.9 Å². The van der Waals surface area contributed by atoms with Crippen molar-refractivity contribution in [2.75, 3.05) is 0 Å². The first-order valence-corrected chi connectivity index (χ1v) is 14.6. The van der Waals surface area contributed by atoms with Gasteiger partial charge in [0.05, 0.1) is 33.4 Å². The second-order valence-electron chi connectivity index (χ2n) is 12.2. The number of pyridine rings is 1. The van der Waals surface area contributed by atoms with Gasteiger partial charge in [-0.15, -0.1) is 0 Å². The molecule has 0 aliphatic carbocycles. The molecule has 0 saturated carbocycles. The largest absolute Gasteiger partial charge is 0.495 e. The van der Waals surface area contributed by atoms with E-state index >= 15 is 0 Å². The molecule has 0 bridgehead atoms. The zero-order valence-corrected chi connectivity index (χ0v) is 24.3. The van der Waals surface area contributed by atoms with Crippen LogP contribution in [0.2, 0.25) is 0 Å². The molecule has 8 rings (SSSR count). The topological polar surface area (TPSA) is 36.3 Å². The second kappa shape index (κ2) is 9.03. The van der Waals surface area contributed by atoms with Crippen molar-refractivity contribution in [3.05, 3.63) is 115 Å². The van der Waals surface area contributed by atoms with E-state index in [1.165, 1.54) is 10.8 Å². The van der Waals surface area contributed by atoms with Crippen molar-refractivity contribution in [3.8, 4) is 16.9 Å². The molecule has 1 fully saturated rings. The molecule has 1 aliphatic heterocycles. The summed E-state index contributed by atoms with van der Waals surface area (Å²) in [6.45, 7) is 8.44. The van der Waals surface area contributed by atoms with Crippen molar-refractivity contribution < 1.29 is 9.31 Å². The lowest BCUT2D eigenvalue weighted by Crippen LogP contribution is -2.41. The molecule has 7 aromatic rings. The van der Waals surface area contributed by atoms with Crippen LogP contribution in [0.4, 0.5) is 0 Å². The first-order chi connectivity index (χ1) is 20.3. The van der Waals surface area contributed by atoms with E-state index in [0.29, 0.717) is 0 Å². The first kappa shape index (κ1) is 25.3. The summed E-state index contributed by atoms with van der Waals surface area (Å²) in [5.41, 5.74) is 6.65. The van der Waals surface area contributed by atoms with E-state index < -0.39 is 18.3 Å². The van der Waals surface area contributed by atoms with Crippen LogP contribution in [0.3, 0.4) is 0 Å². The SMILES string of the molecule is CC1(C)OB(c2cccc3c2c2ccc4c(-c5ccccc5)nc5ccccc5c4c2n3-c2ccccc2)OC1(C)C. The molecule has 0 N–H and O–H groups in total. The molecule has 0 spiro atoms. The third-order valence-electron chi connectivity index (χ3n) is 9.22. The lowest BCUT2D eigenvalue weighted by Gasteiger charge is -2.32. The van der Waals surface area contributed by atoms with E-state index in [0.717, 1.165) is 55.1 Å². The molecular weight excluding hydrogens is 515 g/mol. The van der Waals surface area contributed by atoms with Crippen LogP contribution in [0, 0.1) is 0 Å². The normalized spacial score (nSPS) is 16.2. The van der Waals surface area contributed by atoms with Crippen LogP contribution < -0.4 is 5.46 Å². The Morgan fingerprint density at radius 3 is 1.98 bits per heavy atom. The zero-order chi connectivity index (χ0) is 28.6. The predicted molar refractivity (Wildman–Crippen MR) is 175 cm³/mol. The zero-order valence-electron chi connectivity index (χ0n) is 24.3. The highest BCUT2D eigenvalue weighted by molar-refractivity contribution is 6.66. The Morgan fingerprint density at radius 2 is 1.24 bits per heavy atom. The molecule has 0 atom stereocenters. The van der Waals surface area contributed by atoms with Gasteiger partial charge in [0.15, 0.2) is 0 Å². The number of fused-ring (bicyclic) bond motifs is 7. The van der Waals surface area contributed by atoms with E-state index in [-0.39, 0.29) is 0 Å². The highest BCUT2D eigenvalue weighted by atomic mass is 16.7. The van der Waals surface area contributed by atoms with Crippen molar-refractivity contribution in [1.29, 1.82) is 0 Å². The average molecular weight is 546 g/mol. The molecule has 1 aliphatic rings. The Bertz CT molecular complexity index is 2130. The Kier molecular flexibility index (Phi) is 5.43. The van der Waals surface area contributed by atoms with Gasteiger partial charge >= 0.3 is 7.12 Å². The summed E-state index contributed by atoms with van der Waals surface area (Å²) < 4.78 is 15.6. The summed E-state index contributed by atoms with van der Waals surface area (Å²) in [4.78, 5) is 5.20. The van der Waals surface area contributed by atoms with Gasteiger partial charge in [-0.05, 0) is 57.4 Å². The lowest BCUT2D eigenvalue weighted by atomic mass is 9.76. The van der Waals surface area contributed by atoms with Crippen LogP contribution in [0.15, 0.2) is 115 Å². The predicted octanol–water partition coefficient (Wildman–Crippen LogP) is 8.45. The molecule has 2 aromatic heterocycles. The van der Waals surface area contributed by atoms with E-state index in [1.54, 1.807) is 0 Å². The number of rotatable bonds is 3. The Labute approximate surface area is 245 Å². The van der Waals surface area contributed by atoms with Gasteiger partial charge in [-0.1, -0.05) is 91.0 Å². The third-order valence-corrected chi connectivity index (χ3v) is 9.22. The summed E-state index contributed by atoms with van der Waals surface area (Å²) in [6.07, 6.45) is 0. The van der Waals surface area contributed by atoms with Crippen LogP contribution in [0.25, 0.3) is 60.4 Å². The number of aromatic nitrogens is 2. The smallest absolute Gasteiger partial charge is 0.399 e. The summed E-state index contributed by atoms with van der Waals surface area (Å²) >= 11 is 0. The van der Waals surface area contributed by atoms with Gasteiger partial charge < -0.3 is 13.9 Å². The molecule has 5 heteroatoms. The fourth-order valence-corrected chi connectivity index (χ4v) is 6.44. The molecule has 0 unspecified atom stereocenters. The van der Waals surface area contributed by atoms with E-state index in [2.05, 4.69) is 148 Å². The number of benzene rings is 5. The van der Waals surface area contributed by atoms with E-state index in [4.69, 9.17) is 14.3 Å². The van der Waals surface area contributed by atoms with Crippen LogP contribution in [-0.2, 0) is 9.31 Å². The van der Waals surface area contributed by atoms with Gasteiger partial charge in [-0.25, -0.2) is 4.98 Å². The lowest BCUT2D eigenvalue weighted by molar-refractivity contribution is 0.00578. The maximum Gasteiger partial charge on any atom is 0.495 e. The summed E-state index contributed by atoms with van der Waals surface area (Å²) in [6, 6.07) is 40.6. The second-order valence-corrected chi connectivity index (χ2v) is 12.2. The number of nitrogens with zero attached hydrogens (tertiary/aromatic N) is 2. The molecule has 1 saturated heterocycles. The van der Waals surface area contributed by atoms with Crippen molar-refractivity contribution in [1.82, 2.24) is 9.55 Å². The fourth-order valence-electron chi connectivity index (χ4n) is 6.44. The Morgan fingerprint density at radius 1 is 0.595 bits per heavy atom. The number of hydrogen-bond donors (Lipinski definition) is 0. The van der Waals surface area contributed by atoms with Gasteiger partial charge in [0.25, 0.3) is 0 Å². The Balaban J connectivity index is 1.57. The molecule has 3 heterocycles. The quantitative estimate of drug-likeness (QED) is 0.165. The Hall–Kier alpha value is -4.45. The monoisotopic (exact) mass is 546 g/mol. The van der Waals surface area contributed by atoms with Gasteiger partial charge in [-0.3, -0.25) is 0 Å². The highest BCUT2D eigenvalue weighted by Gasteiger charge is 2.52. The van der Waals surface area contributed by atoms with Gasteiger partial charge in [0.2, 0.25) is 0 Å². The maximum absolute atomic E-state index is 6.62. The van der Waals surface area contributed by atoms with Crippen LogP contribution in [0.1, 0.15) is 27.7 Å². The minimum absolute atomic E-state index is 0.434. The van der Waals surface area contributed by atoms with Gasteiger partial charge in [0, 0.05) is 38.2 Å². The van der Waals surface area contributed by atoms with E-state index in [9.17, 15) is 0 Å². The van der Waals surface area contributed by atoms with Crippen molar-refractivity contribution in [3.63, 3.8) is 0 Å². The molecule has 42 heavy (non-hydrogen) atoms. The molecule has 204 valence electrons. The maximum atomic E-state index is 6.62.